The molecule has 1 aromatic rings. The first-order valence-corrected chi connectivity index (χ1v) is 4.33. The van der Waals surface area contributed by atoms with Gasteiger partial charge in [-0.25, -0.2) is 0 Å². The van der Waals surface area contributed by atoms with Crippen LogP contribution in [0.5, 0.6) is 0 Å². The topological polar surface area (TPSA) is 104 Å². The number of hydrogen-bond acceptors (Lipinski definition) is 4. The van der Waals surface area contributed by atoms with Crippen molar-refractivity contribution in [2.24, 2.45) is 5.73 Å². The van der Waals surface area contributed by atoms with E-state index in [-0.39, 0.29) is 12.6 Å². The van der Waals surface area contributed by atoms with E-state index in [4.69, 9.17) is 16.2 Å². The lowest BCUT2D eigenvalue weighted by molar-refractivity contribution is 0.254. The van der Waals surface area contributed by atoms with E-state index in [0.29, 0.717) is 25.5 Å². The molecule has 76 valence electrons. The molecule has 1 aliphatic rings. The molecule has 1 aromatic heterocycles. The number of nitrogens with two attached hydrogens (primary N) is 1. The van der Waals surface area contributed by atoms with Crippen molar-refractivity contribution in [1.82, 2.24) is 19.7 Å². The standard InChI is InChI=1S/C7H12N6O/c8-7(9)12-1-2-13-5(3-12)10-11-6(13)4-14/h14H,1-4H2,(H3,8,9). The van der Waals surface area contributed by atoms with E-state index >= 15 is 0 Å². The fraction of sp³-hybridized carbons (Fsp3) is 0.571. The van der Waals surface area contributed by atoms with Crippen LogP contribution in [0.25, 0.3) is 0 Å². The van der Waals surface area contributed by atoms with Gasteiger partial charge in [0.25, 0.3) is 0 Å². The zero-order valence-electron chi connectivity index (χ0n) is 7.64. The Hall–Kier alpha value is -1.63. The Bertz CT molecular complexity index is 359. The first kappa shape index (κ1) is 8.95. The molecule has 4 N–H and O–H groups in total. The first-order chi connectivity index (χ1) is 6.72. The maximum Gasteiger partial charge on any atom is 0.188 e. The molecule has 0 saturated heterocycles. The molecule has 2 heterocycles. The minimum Gasteiger partial charge on any atom is -0.388 e. The van der Waals surface area contributed by atoms with Crippen LogP contribution in [0.4, 0.5) is 0 Å². The Kier molecular flexibility index (Phi) is 2.08. The van der Waals surface area contributed by atoms with Crippen LogP contribution < -0.4 is 5.73 Å². The van der Waals surface area contributed by atoms with E-state index in [1.165, 1.54) is 0 Å². The van der Waals surface area contributed by atoms with Gasteiger partial charge in [-0.1, -0.05) is 0 Å². The molecule has 0 fully saturated rings. The summed E-state index contributed by atoms with van der Waals surface area (Å²) in [7, 11) is 0. The van der Waals surface area contributed by atoms with Gasteiger partial charge in [0, 0.05) is 13.1 Å². The van der Waals surface area contributed by atoms with Crippen LogP contribution in [-0.4, -0.2) is 37.3 Å². The zero-order valence-corrected chi connectivity index (χ0v) is 7.64. The molecule has 7 nitrogen and oxygen atoms in total. The minimum atomic E-state index is -0.104. The lowest BCUT2D eigenvalue weighted by atomic mass is 10.3. The van der Waals surface area contributed by atoms with Crippen LogP contribution in [0.1, 0.15) is 11.6 Å². The summed E-state index contributed by atoms with van der Waals surface area (Å²) in [5.74, 6) is 1.36. The summed E-state index contributed by atoms with van der Waals surface area (Å²) < 4.78 is 1.86. The van der Waals surface area contributed by atoms with Gasteiger partial charge in [-0.3, -0.25) is 5.41 Å². The van der Waals surface area contributed by atoms with E-state index in [0.717, 1.165) is 5.82 Å². The van der Waals surface area contributed by atoms with Crippen molar-refractivity contribution in [2.45, 2.75) is 19.7 Å². The smallest absolute Gasteiger partial charge is 0.188 e. The Morgan fingerprint density at radius 1 is 1.50 bits per heavy atom. The summed E-state index contributed by atoms with van der Waals surface area (Å²) in [6.45, 7) is 1.71. The summed E-state index contributed by atoms with van der Waals surface area (Å²) in [4.78, 5) is 1.71. The maximum absolute atomic E-state index is 8.95. The summed E-state index contributed by atoms with van der Waals surface area (Å²) in [6, 6.07) is 0. The molecule has 2 rings (SSSR count). The van der Waals surface area contributed by atoms with Gasteiger partial charge in [-0.15, -0.1) is 10.2 Å². The van der Waals surface area contributed by atoms with Crippen molar-refractivity contribution >= 4 is 5.96 Å². The molecule has 0 aromatic carbocycles. The first-order valence-electron chi connectivity index (χ1n) is 4.33. The van der Waals surface area contributed by atoms with Gasteiger partial charge in [0.15, 0.2) is 17.6 Å². The molecule has 0 amide bonds. The predicted octanol–water partition coefficient (Wildman–Crippen LogP) is -1.52. The molecule has 7 heteroatoms. The SMILES string of the molecule is N=C(N)N1CCn2c(CO)nnc2C1. The van der Waals surface area contributed by atoms with Gasteiger partial charge in [-0.05, 0) is 0 Å². The number of aliphatic hydroxyl groups is 1. The van der Waals surface area contributed by atoms with Gasteiger partial charge in [-0.2, -0.15) is 0 Å². The molecule has 0 unspecified atom stereocenters. The second-order valence-corrected chi connectivity index (χ2v) is 3.15. The second kappa shape index (κ2) is 3.26. The molecule has 1 aliphatic heterocycles. The Morgan fingerprint density at radius 3 is 2.93 bits per heavy atom. The number of guanidine groups is 1. The number of nitrogens with one attached hydrogen (secondary N) is 1. The highest BCUT2D eigenvalue weighted by atomic mass is 16.3. The van der Waals surface area contributed by atoms with E-state index in [9.17, 15) is 0 Å². The average Bonchev–Trinajstić information content (AvgIpc) is 2.59. The fourth-order valence-corrected chi connectivity index (χ4v) is 1.54. The van der Waals surface area contributed by atoms with Gasteiger partial charge in [0.05, 0.1) is 6.54 Å². The summed E-state index contributed by atoms with van der Waals surface area (Å²) >= 11 is 0. The van der Waals surface area contributed by atoms with E-state index in [2.05, 4.69) is 10.2 Å². The summed E-state index contributed by atoms with van der Waals surface area (Å²) in [5.41, 5.74) is 5.37. The van der Waals surface area contributed by atoms with Crippen LogP contribution in [-0.2, 0) is 19.7 Å². The monoisotopic (exact) mass is 196 g/mol. The fourth-order valence-electron chi connectivity index (χ4n) is 1.54. The van der Waals surface area contributed by atoms with Crippen molar-refractivity contribution in [3.63, 3.8) is 0 Å². The maximum atomic E-state index is 8.95. The van der Waals surface area contributed by atoms with Crippen LogP contribution in [0.15, 0.2) is 0 Å². The molecule has 0 spiro atoms. The van der Waals surface area contributed by atoms with E-state index in [1.807, 2.05) is 4.57 Å². The third-order valence-electron chi connectivity index (χ3n) is 2.31. The lowest BCUT2D eigenvalue weighted by Gasteiger charge is -2.27. The Labute approximate surface area is 80.7 Å². The number of aliphatic hydroxyl groups excluding tert-OH is 1. The van der Waals surface area contributed by atoms with Crippen molar-refractivity contribution in [3.8, 4) is 0 Å². The summed E-state index contributed by atoms with van der Waals surface area (Å²) in [6.07, 6.45) is 0. The Balaban J connectivity index is 2.24. The minimum absolute atomic E-state index is 0.0461. The van der Waals surface area contributed by atoms with E-state index in [1.54, 1.807) is 4.90 Å². The quantitative estimate of drug-likeness (QED) is 0.374. The van der Waals surface area contributed by atoms with Crippen LogP contribution >= 0.6 is 0 Å². The highest BCUT2D eigenvalue weighted by molar-refractivity contribution is 5.74. The number of nitrogens with zero attached hydrogens (tertiary/aromatic N) is 4. The van der Waals surface area contributed by atoms with E-state index < -0.39 is 0 Å². The van der Waals surface area contributed by atoms with Gasteiger partial charge < -0.3 is 20.3 Å². The second-order valence-electron chi connectivity index (χ2n) is 3.15. The number of aromatic nitrogens is 3. The zero-order chi connectivity index (χ0) is 10.1. The highest BCUT2D eigenvalue weighted by Crippen LogP contribution is 2.11. The van der Waals surface area contributed by atoms with Crippen molar-refractivity contribution in [1.29, 1.82) is 5.41 Å². The Morgan fingerprint density at radius 2 is 2.29 bits per heavy atom. The molecule has 14 heavy (non-hydrogen) atoms. The molecule has 0 saturated carbocycles. The third kappa shape index (κ3) is 1.31. The predicted molar refractivity (Wildman–Crippen MR) is 48.3 cm³/mol. The van der Waals surface area contributed by atoms with Crippen LogP contribution in [0, 0.1) is 5.41 Å². The lowest BCUT2D eigenvalue weighted by Crippen LogP contribution is -2.42. The highest BCUT2D eigenvalue weighted by Gasteiger charge is 2.20. The summed E-state index contributed by atoms with van der Waals surface area (Å²) in [5, 5.41) is 24.0. The normalized spacial score (nSPS) is 15.4. The van der Waals surface area contributed by atoms with Crippen molar-refractivity contribution < 1.29 is 5.11 Å². The van der Waals surface area contributed by atoms with Gasteiger partial charge in [0.1, 0.15) is 6.61 Å². The van der Waals surface area contributed by atoms with Crippen LogP contribution in [0.2, 0.25) is 0 Å². The van der Waals surface area contributed by atoms with Gasteiger partial charge >= 0.3 is 0 Å². The van der Waals surface area contributed by atoms with Gasteiger partial charge in [0.2, 0.25) is 0 Å². The molecule has 0 radical (unpaired) electrons. The number of fused-ring (bicyclic) bond motifs is 1. The molecular formula is C7H12N6O. The molecule has 0 aliphatic carbocycles. The third-order valence-corrected chi connectivity index (χ3v) is 2.31. The largest absolute Gasteiger partial charge is 0.388 e. The van der Waals surface area contributed by atoms with Crippen LogP contribution in [0.3, 0.4) is 0 Å². The average molecular weight is 196 g/mol. The van der Waals surface area contributed by atoms with Crippen molar-refractivity contribution in [2.75, 3.05) is 6.54 Å². The molecule has 0 atom stereocenters. The molecular weight excluding hydrogens is 184 g/mol. The number of hydrogen-bond donors (Lipinski definition) is 3. The number of rotatable bonds is 1. The molecule has 0 bridgehead atoms. The van der Waals surface area contributed by atoms with Crippen molar-refractivity contribution in [3.05, 3.63) is 11.6 Å².